The van der Waals surface area contributed by atoms with Gasteiger partial charge in [-0.2, -0.15) is 0 Å². The number of allylic oxidation sites excluding steroid dienone is 1. The summed E-state index contributed by atoms with van der Waals surface area (Å²) in [5, 5.41) is 0.331. The average Bonchev–Trinajstić information content (AvgIpc) is 2.24. The Morgan fingerprint density at radius 2 is 2.31 bits per heavy atom. The van der Waals surface area contributed by atoms with E-state index in [4.69, 9.17) is 12.2 Å². The third kappa shape index (κ3) is 1.95. The van der Waals surface area contributed by atoms with Crippen LogP contribution in [-0.4, -0.2) is 34.5 Å². The van der Waals surface area contributed by atoms with Crippen molar-refractivity contribution in [2.24, 2.45) is 21.8 Å². The predicted octanol–water partition coefficient (Wildman–Crippen LogP) is 1.42. The van der Waals surface area contributed by atoms with E-state index in [2.05, 4.69) is 9.98 Å². The van der Waals surface area contributed by atoms with Gasteiger partial charge in [0.1, 0.15) is 11.8 Å². The van der Waals surface area contributed by atoms with E-state index in [1.165, 1.54) is 0 Å². The van der Waals surface area contributed by atoms with Crippen LogP contribution in [0.15, 0.2) is 22.1 Å². The Hall–Kier alpha value is -1.36. The molecule has 0 aromatic carbocycles. The van der Waals surface area contributed by atoms with E-state index in [0.29, 0.717) is 23.4 Å². The van der Waals surface area contributed by atoms with Crippen LogP contribution < -0.4 is 0 Å². The normalized spacial score (nSPS) is 23.8. The molecule has 5 heteroatoms. The van der Waals surface area contributed by atoms with Crippen molar-refractivity contribution in [2.75, 3.05) is 6.54 Å². The molecule has 0 spiro atoms. The summed E-state index contributed by atoms with van der Waals surface area (Å²) in [6, 6.07) is 0. The number of carbonyl (C=O) groups is 1. The van der Waals surface area contributed by atoms with E-state index in [1.807, 2.05) is 19.9 Å². The molecular formula is C11H13N3OS. The fraction of sp³-hybridized carbons (Fsp3) is 0.455. The molecule has 1 amide bonds. The van der Waals surface area contributed by atoms with Gasteiger partial charge in [-0.1, -0.05) is 19.9 Å². The van der Waals surface area contributed by atoms with Crippen LogP contribution in [0, 0.1) is 11.8 Å². The molecule has 2 aliphatic rings. The zero-order chi connectivity index (χ0) is 11.7. The van der Waals surface area contributed by atoms with Crippen molar-refractivity contribution in [1.29, 1.82) is 0 Å². The number of dihydropyridines is 1. The van der Waals surface area contributed by atoms with Gasteiger partial charge in [0.15, 0.2) is 0 Å². The van der Waals surface area contributed by atoms with Gasteiger partial charge in [-0.15, -0.1) is 0 Å². The van der Waals surface area contributed by atoms with Gasteiger partial charge in [0.05, 0.1) is 0 Å². The third-order valence-corrected chi connectivity index (χ3v) is 2.71. The summed E-state index contributed by atoms with van der Waals surface area (Å²) in [4.78, 5) is 22.0. The van der Waals surface area contributed by atoms with Gasteiger partial charge in [-0.05, 0) is 24.2 Å². The first-order valence-corrected chi connectivity index (χ1v) is 5.65. The topological polar surface area (TPSA) is 45.0 Å². The number of fused-ring (bicyclic) bond motifs is 1. The lowest BCUT2D eigenvalue weighted by molar-refractivity contribution is -0.128. The Morgan fingerprint density at radius 1 is 1.56 bits per heavy atom. The summed E-state index contributed by atoms with van der Waals surface area (Å²) in [6.07, 6.45) is 5.20. The SMILES string of the molecule is CC(C)CN1C(=O)C2C=CC=NC2=NC1=S. The molecule has 2 aliphatic heterocycles. The quantitative estimate of drug-likeness (QED) is 0.680. The van der Waals surface area contributed by atoms with Crippen molar-refractivity contribution >= 4 is 35.3 Å². The number of rotatable bonds is 2. The number of carbonyl (C=O) groups excluding carboxylic acids is 1. The highest BCUT2D eigenvalue weighted by Gasteiger charge is 2.34. The van der Waals surface area contributed by atoms with E-state index >= 15 is 0 Å². The van der Waals surface area contributed by atoms with Gasteiger partial charge in [0.25, 0.3) is 0 Å². The number of thiocarbonyl (C=S) groups is 1. The molecule has 0 bridgehead atoms. The molecule has 4 nitrogen and oxygen atoms in total. The van der Waals surface area contributed by atoms with Crippen LogP contribution in [0.3, 0.4) is 0 Å². The molecule has 0 N–H and O–H groups in total. The molecule has 0 fully saturated rings. The zero-order valence-electron chi connectivity index (χ0n) is 9.25. The first-order chi connectivity index (χ1) is 7.59. The van der Waals surface area contributed by atoms with Gasteiger partial charge in [0, 0.05) is 12.8 Å². The van der Waals surface area contributed by atoms with Crippen molar-refractivity contribution in [3.05, 3.63) is 12.2 Å². The van der Waals surface area contributed by atoms with Crippen molar-refractivity contribution in [3.8, 4) is 0 Å². The minimum absolute atomic E-state index is 0.0169. The Morgan fingerprint density at radius 3 is 3.00 bits per heavy atom. The highest BCUT2D eigenvalue weighted by atomic mass is 32.1. The summed E-state index contributed by atoms with van der Waals surface area (Å²) >= 11 is 5.11. The molecule has 0 radical (unpaired) electrons. The summed E-state index contributed by atoms with van der Waals surface area (Å²) in [6.45, 7) is 4.70. The van der Waals surface area contributed by atoms with Gasteiger partial charge in [-0.25, -0.2) is 9.98 Å². The van der Waals surface area contributed by atoms with Gasteiger partial charge >= 0.3 is 0 Å². The molecule has 0 aliphatic carbocycles. The molecule has 0 aromatic heterocycles. The second-order valence-electron chi connectivity index (χ2n) is 4.24. The molecule has 0 aromatic rings. The van der Waals surface area contributed by atoms with Crippen molar-refractivity contribution < 1.29 is 4.79 Å². The minimum Gasteiger partial charge on any atom is -0.286 e. The molecular weight excluding hydrogens is 222 g/mol. The molecule has 0 saturated carbocycles. The molecule has 84 valence electrons. The van der Waals surface area contributed by atoms with Crippen LogP contribution in [-0.2, 0) is 4.79 Å². The standard InChI is InChI=1S/C11H13N3OS/c1-7(2)6-14-10(15)8-4-3-5-12-9(8)13-11(14)16/h3-5,7-8H,6H2,1-2H3. The van der Waals surface area contributed by atoms with Crippen LogP contribution in [0.4, 0.5) is 0 Å². The Bertz CT molecular complexity index is 423. The zero-order valence-corrected chi connectivity index (χ0v) is 10.1. The Kier molecular flexibility index (Phi) is 2.96. The summed E-state index contributed by atoms with van der Waals surface area (Å²) in [7, 11) is 0. The molecule has 16 heavy (non-hydrogen) atoms. The van der Waals surface area contributed by atoms with E-state index < -0.39 is 0 Å². The van der Waals surface area contributed by atoms with Crippen LogP contribution >= 0.6 is 12.2 Å². The maximum Gasteiger partial charge on any atom is 0.243 e. The number of hydrogen-bond donors (Lipinski definition) is 0. The lowest BCUT2D eigenvalue weighted by Crippen LogP contribution is -2.47. The van der Waals surface area contributed by atoms with E-state index in [9.17, 15) is 4.79 Å². The van der Waals surface area contributed by atoms with E-state index in [0.717, 1.165) is 0 Å². The number of aliphatic imine (C=N–C) groups is 2. The van der Waals surface area contributed by atoms with Crippen LogP contribution in [0.5, 0.6) is 0 Å². The van der Waals surface area contributed by atoms with Crippen molar-refractivity contribution in [1.82, 2.24) is 4.90 Å². The highest BCUT2D eigenvalue weighted by molar-refractivity contribution is 7.80. The lowest BCUT2D eigenvalue weighted by atomic mass is 10.0. The molecule has 1 atom stereocenters. The second kappa shape index (κ2) is 4.25. The minimum atomic E-state index is -0.351. The Balaban J connectivity index is 2.29. The first-order valence-electron chi connectivity index (χ1n) is 5.24. The predicted molar refractivity (Wildman–Crippen MR) is 67.7 cm³/mol. The van der Waals surface area contributed by atoms with Gasteiger partial charge < -0.3 is 0 Å². The maximum absolute atomic E-state index is 12.1. The summed E-state index contributed by atoms with van der Waals surface area (Å²) in [5.74, 6) is 0.513. The van der Waals surface area contributed by atoms with Crippen molar-refractivity contribution in [3.63, 3.8) is 0 Å². The monoisotopic (exact) mass is 235 g/mol. The first kappa shape index (κ1) is 11.1. The van der Waals surface area contributed by atoms with Crippen LogP contribution in [0.1, 0.15) is 13.8 Å². The maximum atomic E-state index is 12.1. The summed E-state index contributed by atoms with van der Waals surface area (Å²) in [5.41, 5.74) is 0. The third-order valence-electron chi connectivity index (χ3n) is 2.40. The highest BCUT2D eigenvalue weighted by Crippen LogP contribution is 2.19. The number of amidine groups is 1. The lowest BCUT2D eigenvalue weighted by Gasteiger charge is -2.30. The number of nitrogens with zero attached hydrogens (tertiary/aromatic N) is 3. The van der Waals surface area contributed by atoms with Crippen molar-refractivity contribution in [2.45, 2.75) is 13.8 Å². The Labute approximate surface area is 99.8 Å². The summed E-state index contributed by atoms with van der Waals surface area (Å²) < 4.78 is 0. The van der Waals surface area contributed by atoms with Gasteiger partial charge in [-0.3, -0.25) is 9.69 Å². The van der Waals surface area contributed by atoms with Gasteiger partial charge in [0.2, 0.25) is 11.0 Å². The molecule has 2 rings (SSSR count). The second-order valence-corrected chi connectivity index (χ2v) is 4.60. The molecule has 1 unspecified atom stereocenters. The van der Waals surface area contributed by atoms with Crippen LogP contribution in [0.25, 0.3) is 0 Å². The largest absolute Gasteiger partial charge is 0.286 e. The fourth-order valence-corrected chi connectivity index (χ4v) is 1.95. The number of hydrogen-bond acceptors (Lipinski definition) is 3. The van der Waals surface area contributed by atoms with Crippen LogP contribution in [0.2, 0.25) is 0 Å². The average molecular weight is 235 g/mol. The van der Waals surface area contributed by atoms with E-state index in [1.54, 1.807) is 17.2 Å². The smallest absolute Gasteiger partial charge is 0.243 e. The molecule has 2 heterocycles. The number of amides is 1. The van der Waals surface area contributed by atoms with E-state index in [-0.39, 0.29) is 11.8 Å². The molecule has 0 saturated heterocycles. The fourth-order valence-electron chi connectivity index (χ4n) is 1.69.